The second kappa shape index (κ2) is 18.0. The third-order valence-corrected chi connectivity index (χ3v) is 14.4. The molecule has 1 aliphatic carbocycles. The van der Waals surface area contributed by atoms with Gasteiger partial charge in [0.15, 0.2) is 16.8 Å². The number of fused-ring (bicyclic) bond motifs is 4. The number of rotatable bonds is 15. The Morgan fingerprint density at radius 2 is 1.82 bits per heavy atom. The van der Waals surface area contributed by atoms with Crippen molar-refractivity contribution in [3.05, 3.63) is 93.7 Å². The summed E-state index contributed by atoms with van der Waals surface area (Å²) in [6.45, 7) is 3.10. The van der Waals surface area contributed by atoms with E-state index in [1.807, 2.05) is 30.1 Å². The summed E-state index contributed by atoms with van der Waals surface area (Å²) in [6, 6.07) is 12.4. The number of hydrogen-bond donors (Lipinski definition) is 10. The SMILES string of the molecule is CCc1c2cc[nH]c2cn1-c1c2c(cc3c(=O)cc(C)oc13)CC(OOCC(O)(Cc1ccc(O)c3ccc(O)cc13)C(O)C(O)C(O)CO)C1(CC(C3CNC(=O)C3)CCC1CNC)O2. The predicted molar refractivity (Wildman–Crippen MR) is 243 cm³/mol. The molecule has 1 saturated carbocycles. The number of phenols is 2. The third-order valence-electron chi connectivity index (χ3n) is 14.4. The van der Waals surface area contributed by atoms with Crippen LogP contribution in [0.5, 0.6) is 17.2 Å². The van der Waals surface area contributed by atoms with Crippen LogP contribution in [-0.4, -0.2) is 120 Å². The molecule has 9 unspecified atom stereocenters. The van der Waals surface area contributed by atoms with Gasteiger partial charge in [-0.15, -0.1) is 0 Å². The number of aromatic nitrogens is 2. The molecule has 1 spiro atoms. The van der Waals surface area contributed by atoms with Crippen molar-refractivity contribution in [3.63, 3.8) is 0 Å². The maximum Gasteiger partial charge on any atom is 0.220 e. The van der Waals surface area contributed by atoms with Gasteiger partial charge in [-0.05, 0) is 98.8 Å². The number of aromatic amines is 1. The van der Waals surface area contributed by atoms with Gasteiger partial charge < -0.3 is 65.1 Å². The fraction of sp³-hybridized carbons (Fsp3) is 0.469. The molecule has 6 aromatic rings. The number of nitrogens with zero attached hydrogens (tertiary/aromatic N) is 1. The lowest BCUT2D eigenvalue weighted by atomic mass is 9.63. The van der Waals surface area contributed by atoms with E-state index < -0.39 is 55.3 Å². The topological polar surface area (TPSA) is 261 Å². The van der Waals surface area contributed by atoms with Crippen molar-refractivity contribution in [2.75, 3.05) is 33.4 Å². The molecular weight excluding hydrogens is 853 g/mol. The number of carbonyl (C=O) groups is 1. The molecule has 66 heavy (non-hydrogen) atoms. The number of aliphatic hydroxyl groups excluding tert-OH is 4. The highest BCUT2D eigenvalue weighted by Crippen LogP contribution is 2.53. The third kappa shape index (κ3) is 8.00. The minimum Gasteiger partial charge on any atom is -0.508 e. The molecule has 2 aliphatic heterocycles. The van der Waals surface area contributed by atoms with Crippen molar-refractivity contribution in [1.29, 1.82) is 0 Å². The van der Waals surface area contributed by atoms with Crippen LogP contribution in [0, 0.1) is 24.7 Å². The number of aryl methyl sites for hydroxylation is 2. The van der Waals surface area contributed by atoms with Gasteiger partial charge in [0.1, 0.15) is 65.2 Å². The molecule has 0 bridgehead atoms. The van der Waals surface area contributed by atoms with Crippen LogP contribution in [0.4, 0.5) is 0 Å². The van der Waals surface area contributed by atoms with Crippen LogP contribution in [0.25, 0.3) is 38.3 Å². The zero-order valence-corrected chi connectivity index (χ0v) is 37.1. The molecule has 0 radical (unpaired) electrons. The summed E-state index contributed by atoms with van der Waals surface area (Å²) < 4.78 is 16.1. The lowest BCUT2D eigenvalue weighted by Gasteiger charge is -2.53. The maximum absolute atomic E-state index is 13.9. The number of aromatic hydroxyl groups is 2. The van der Waals surface area contributed by atoms with Gasteiger partial charge in [0.2, 0.25) is 5.91 Å². The molecule has 2 fully saturated rings. The second-order valence-electron chi connectivity index (χ2n) is 18.5. The molecule has 3 aromatic carbocycles. The summed E-state index contributed by atoms with van der Waals surface area (Å²) in [4.78, 5) is 42.4. The summed E-state index contributed by atoms with van der Waals surface area (Å²) >= 11 is 0. The number of carbonyl (C=O) groups excluding carboxylic acids is 1. The van der Waals surface area contributed by atoms with E-state index in [1.54, 1.807) is 13.0 Å². The van der Waals surface area contributed by atoms with Crippen molar-refractivity contribution in [3.8, 4) is 22.9 Å². The maximum atomic E-state index is 13.9. The molecule has 5 heterocycles. The predicted octanol–water partition coefficient (Wildman–Crippen LogP) is 3.31. The number of hydrogen-bond acceptors (Lipinski definition) is 14. The second-order valence-corrected chi connectivity index (χ2v) is 18.5. The lowest BCUT2D eigenvalue weighted by molar-refractivity contribution is -0.378. The van der Waals surface area contributed by atoms with Crippen LogP contribution in [0.3, 0.4) is 0 Å². The van der Waals surface area contributed by atoms with Crippen molar-refractivity contribution in [2.45, 2.75) is 94.4 Å². The van der Waals surface area contributed by atoms with E-state index in [4.69, 9.17) is 18.9 Å². The van der Waals surface area contributed by atoms with Crippen molar-refractivity contribution in [1.82, 2.24) is 20.2 Å². The first-order valence-corrected chi connectivity index (χ1v) is 22.7. The fourth-order valence-corrected chi connectivity index (χ4v) is 11.0. The van der Waals surface area contributed by atoms with E-state index in [9.17, 15) is 45.3 Å². The number of benzene rings is 3. The van der Waals surface area contributed by atoms with Crippen LogP contribution in [-0.2, 0) is 33.8 Å². The van der Waals surface area contributed by atoms with Gasteiger partial charge in [-0.3, -0.25) is 9.59 Å². The summed E-state index contributed by atoms with van der Waals surface area (Å²) in [5.74, 6) is 0.515. The Balaban J connectivity index is 1.16. The average Bonchev–Trinajstić information content (AvgIpc) is 4.04. The van der Waals surface area contributed by atoms with Gasteiger partial charge >= 0.3 is 0 Å². The Hall–Kier alpha value is -5.50. The highest BCUT2D eigenvalue weighted by Gasteiger charge is 2.57. The molecule has 9 rings (SSSR count). The van der Waals surface area contributed by atoms with Gasteiger partial charge in [-0.2, -0.15) is 0 Å². The number of H-pyrrole nitrogens is 1. The number of nitrogens with one attached hydrogen (secondary N) is 3. The van der Waals surface area contributed by atoms with Crippen LogP contribution >= 0.6 is 0 Å². The molecule has 352 valence electrons. The summed E-state index contributed by atoms with van der Waals surface area (Å²) in [5.41, 5.74) is -0.0825. The molecule has 17 heteroatoms. The molecule has 17 nitrogen and oxygen atoms in total. The lowest BCUT2D eigenvalue weighted by Crippen LogP contribution is -2.63. The van der Waals surface area contributed by atoms with Gasteiger partial charge in [-0.25, -0.2) is 9.78 Å². The van der Waals surface area contributed by atoms with E-state index >= 15 is 0 Å². The summed E-state index contributed by atoms with van der Waals surface area (Å²) in [6.07, 6.45) is -0.439. The number of amides is 1. The summed E-state index contributed by atoms with van der Waals surface area (Å²) in [5, 5.41) is 84.7. The van der Waals surface area contributed by atoms with E-state index in [-0.39, 0.29) is 47.0 Å². The van der Waals surface area contributed by atoms with Gasteiger partial charge in [0, 0.05) is 78.8 Å². The minimum absolute atomic E-state index is 0.0118. The van der Waals surface area contributed by atoms with Gasteiger partial charge in [0.25, 0.3) is 0 Å². The van der Waals surface area contributed by atoms with E-state index in [2.05, 4.69) is 22.5 Å². The molecule has 9 atom stereocenters. The van der Waals surface area contributed by atoms with Gasteiger partial charge in [0.05, 0.1) is 17.5 Å². The average molecular weight is 911 g/mol. The Kier molecular flexibility index (Phi) is 12.4. The largest absolute Gasteiger partial charge is 0.508 e. The van der Waals surface area contributed by atoms with Crippen LogP contribution in [0.15, 0.2) is 70.1 Å². The zero-order valence-electron chi connectivity index (χ0n) is 37.1. The smallest absolute Gasteiger partial charge is 0.220 e. The molecule has 1 saturated heterocycles. The van der Waals surface area contributed by atoms with Crippen LogP contribution < -0.4 is 20.8 Å². The first-order chi connectivity index (χ1) is 31.7. The fourth-order valence-electron chi connectivity index (χ4n) is 11.0. The number of aliphatic hydroxyl groups is 5. The highest BCUT2D eigenvalue weighted by atomic mass is 17.2. The Labute approximate surface area is 379 Å². The van der Waals surface area contributed by atoms with E-state index in [1.165, 1.54) is 36.4 Å². The van der Waals surface area contributed by atoms with Crippen molar-refractivity contribution < 1.29 is 59.5 Å². The monoisotopic (exact) mass is 910 g/mol. The molecular formula is C49H58N4O13. The quantitative estimate of drug-likeness (QED) is 0.0524. The number of phenolic OH excluding ortho intramolecular Hbond substituents is 2. The van der Waals surface area contributed by atoms with Crippen LogP contribution in [0.2, 0.25) is 0 Å². The van der Waals surface area contributed by atoms with E-state index in [0.29, 0.717) is 88.8 Å². The standard InChI is InChI=1S/C49H58N4O13/c1-4-37-33-11-12-51-36(33)22-53(37)43-45-28(14-35-39(57)13-25(2)64-46(35)43)15-41(49(65-45)19-26(5-7-30(49)21-50-3)29-16-42(59)52-20-29)66-63-24-48(62,47(61)44(60)40(58)23-54)18-27-6-10-38(56)32-9-8-31(55)17-34(27)32/h6,8-14,17,22,26,29-30,40-41,44,47,50-51,54-56,58,60-62H,4-5,7,15-16,18-21,23-24H2,1-3H3,(H,52,59). The highest BCUT2D eigenvalue weighted by molar-refractivity contribution is 5.93. The molecule has 3 aliphatic rings. The van der Waals surface area contributed by atoms with Crippen LogP contribution in [0.1, 0.15) is 55.2 Å². The van der Waals surface area contributed by atoms with E-state index in [0.717, 1.165) is 23.0 Å². The number of ether oxygens (including phenoxy) is 1. The normalized spacial score (nSPS) is 24.3. The molecule has 1 amide bonds. The summed E-state index contributed by atoms with van der Waals surface area (Å²) in [7, 11) is 1.86. The Morgan fingerprint density at radius 3 is 2.56 bits per heavy atom. The molecule has 10 N–H and O–H groups in total. The van der Waals surface area contributed by atoms with Crippen molar-refractivity contribution >= 4 is 38.6 Å². The van der Waals surface area contributed by atoms with Gasteiger partial charge in [-0.1, -0.05) is 13.0 Å². The Bertz CT molecular complexity index is 2840. The minimum atomic E-state index is -2.42. The molecule has 3 aromatic heterocycles. The first-order valence-electron chi connectivity index (χ1n) is 22.7. The first kappa shape index (κ1) is 45.6. The Morgan fingerprint density at radius 1 is 1.00 bits per heavy atom. The van der Waals surface area contributed by atoms with Crippen molar-refractivity contribution in [2.24, 2.45) is 17.8 Å². The zero-order chi connectivity index (χ0) is 46.7.